The molecule has 19 heavy (non-hydrogen) atoms. The molecule has 0 saturated carbocycles. The third kappa shape index (κ3) is 11.0. The summed E-state index contributed by atoms with van der Waals surface area (Å²) in [5.41, 5.74) is 0. The number of amides is 1. The molecule has 0 atom stereocenters. The largest absolute Gasteiger partial charge is 0.343 e. The van der Waals surface area contributed by atoms with Crippen molar-refractivity contribution in [1.29, 1.82) is 0 Å². The van der Waals surface area contributed by atoms with Crippen molar-refractivity contribution in [3.8, 4) is 0 Å². The molecule has 0 heterocycles. The maximum absolute atomic E-state index is 12.2. The van der Waals surface area contributed by atoms with E-state index in [4.69, 9.17) is 0 Å². The number of nitrogens with zero attached hydrogens (tertiary/aromatic N) is 1. The summed E-state index contributed by atoms with van der Waals surface area (Å²) in [5.74, 6) is 1.17. The van der Waals surface area contributed by atoms with E-state index < -0.39 is 0 Å². The molecule has 0 fully saturated rings. The van der Waals surface area contributed by atoms with Crippen LogP contribution in [0.25, 0.3) is 0 Å². The average molecular weight is 269 g/mol. The molecule has 0 aliphatic carbocycles. The van der Waals surface area contributed by atoms with E-state index in [0.717, 1.165) is 44.7 Å². The monoisotopic (exact) mass is 269 g/mol. The maximum Gasteiger partial charge on any atom is 0.222 e. The topological polar surface area (TPSA) is 20.3 Å². The van der Waals surface area contributed by atoms with E-state index in [9.17, 15) is 4.79 Å². The van der Waals surface area contributed by atoms with Crippen molar-refractivity contribution >= 4 is 5.91 Å². The van der Waals surface area contributed by atoms with Gasteiger partial charge in [-0.3, -0.25) is 4.79 Å². The van der Waals surface area contributed by atoms with Crippen LogP contribution in [-0.2, 0) is 4.79 Å². The Balaban J connectivity index is 3.82. The van der Waals surface area contributed by atoms with E-state index in [1.165, 1.54) is 32.1 Å². The second-order valence-electron chi connectivity index (χ2n) is 6.08. The first kappa shape index (κ1) is 18.5. The third-order valence-corrected chi connectivity index (χ3v) is 3.59. The lowest BCUT2D eigenvalue weighted by molar-refractivity contribution is -0.131. The van der Waals surface area contributed by atoms with Gasteiger partial charge in [-0.25, -0.2) is 0 Å². The summed E-state index contributed by atoms with van der Waals surface area (Å²) in [7, 11) is 0. The molecule has 2 heteroatoms. The van der Waals surface area contributed by atoms with Gasteiger partial charge in [-0.05, 0) is 25.2 Å². The Morgan fingerprint density at radius 3 is 1.95 bits per heavy atom. The molecule has 1 amide bonds. The number of rotatable bonds is 12. The molecule has 0 unspecified atom stereocenters. The standard InChI is InChI=1S/C17H35NO/c1-5-7-14-18(15-8-6-2)17(19)13-11-9-10-12-16(3)4/h16H,5-15H2,1-4H3. The van der Waals surface area contributed by atoms with E-state index in [1.807, 2.05) is 0 Å². The van der Waals surface area contributed by atoms with Crippen LogP contribution in [0.4, 0.5) is 0 Å². The molecule has 0 radical (unpaired) electrons. The molecule has 2 nitrogen and oxygen atoms in total. The molecule has 0 aromatic rings. The van der Waals surface area contributed by atoms with Gasteiger partial charge >= 0.3 is 0 Å². The van der Waals surface area contributed by atoms with Crippen LogP contribution in [0.1, 0.15) is 85.5 Å². The number of hydrogen-bond acceptors (Lipinski definition) is 1. The smallest absolute Gasteiger partial charge is 0.222 e. The summed E-state index contributed by atoms with van der Waals surface area (Å²) in [6.07, 6.45) is 10.2. The maximum atomic E-state index is 12.2. The Morgan fingerprint density at radius 2 is 1.47 bits per heavy atom. The Bertz CT molecular complexity index is 205. The molecule has 0 spiro atoms. The summed E-state index contributed by atoms with van der Waals surface area (Å²) in [6, 6.07) is 0. The zero-order chi connectivity index (χ0) is 14.5. The van der Waals surface area contributed by atoms with Crippen molar-refractivity contribution < 1.29 is 4.79 Å². The van der Waals surface area contributed by atoms with Gasteiger partial charge in [0.05, 0.1) is 0 Å². The predicted molar refractivity (Wildman–Crippen MR) is 84.3 cm³/mol. The minimum atomic E-state index is 0.381. The van der Waals surface area contributed by atoms with Crippen molar-refractivity contribution in [2.75, 3.05) is 13.1 Å². The fourth-order valence-electron chi connectivity index (χ4n) is 2.22. The molecule has 0 N–H and O–H groups in total. The van der Waals surface area contributed by atoms with Gasteiger partial charge in [0.25, 0.3) is 0 Å². The van der Waals surface area contributed by atoms with Crippen LogP contribution in [0.2, 0.25) is 0 Å². The van der Waals surface area contributed by atoms with Crippen molar-refractivity contribution in [3.05, 3.63) is 0 Å². The number of unbranched alkanes of at least 4 members (excludes halogenated alkanes) is 4. The highest BCUT2D eigenvalue weighted by molar-refractivity contribution is 5.76. The fraction of sp³-hybridized carbons (Fsp3) is 0.941. The van der Waals surface area contributed by atoms with Gasteiger partial charge in [-0.2, -0.15) is 0 Å². The van der Waals surface area contributed by atoms with Crippen LogP contribution in [-0.4, -0.2) is 23.9 Å². The SMILES string of the molecule is CCCCN(CCCC)C(=O)CCCCCC(C)C. The molecule has 0 rings (SSSR count). The van der Waals surface area contributed by atoms with Crippen LogP contribution >= 0.6 is 0 Å². The minimum absolute atomic E-state index is 0.381. The summed E-state index contributed by atoms with van der Waals surface area (Å²) in [4.78, 5) is 14.3. The molecule has 0 saturated heterocycles. The molecule has 0 aromatic carbocycles. The highest BCUT2D eigenvalue weighted by Gasteiger charge is 2.11. The van der Waals surface area contributed by atoms with Gasteiger partial charge in [-0.1, -0.05) is 59.8 Å². The van der Waals surface area contributed by atoms with Crippen molar-refractivity contribution in [3.63, 3.8) is 0 Å². The van der Waals surface area contributed by atoms with Gasteiger partial charge in [0.2, 0.25) is 5.91 Å². The molecule has 0 aromatic heterocycles. The van der Waals surface area contributed by atoms with E-state index in [2.05, 4.69) is 32.6 Å². The van der Waals surface area contributed by atoms with E-state index in [0.29, 0.717) is 5.91 Å². The summed E-state index contributed by atoms with van der Waals surface area (Å²) in [6.45, 7) is 10.8. The van der Waals surface area contributed by atoms with Crippen molar-refractivity contribution in [1.82, 2.24) is 4.90 Å². The van der Waals surface area contributed by atoms with Crippen LogP contribution < -0.4 is 0 Å². The molecule has 114 valence electrons. The first-order valence-corrected chi connectivity index (χ1v) is 8.39. The molecular formula is C17H35NO. The lowest BCUT2D eigenvalue weighted by Crippen LogP contribution is -2.32. The second kappa shape index (κ2) is 12.5. The van der Waals surface area contributed by atoms with Gasteiger partial charge in [0.15, 0.2) is 0 Å². The third-order valence-electron chi connectivity index (χ3n) is 3.59. The van der Waals surface area contributed by atoms with E-state index in [1.54, 1.807) is 0 Å². The first-order valence-electron chi connectivity index (χ1n) is 8.39. The lowest BCUT2D eigenvalue weighted by atomic mass is 10.0. The van der Waals surface area contributed by atoms with E-state index in [-0.39, 0.29) is 0 Å². The second-order valence-corrected chi connectivity index (χ2v) is 6.08. The zero-order valence-corrected chi connectivity index (χ0v) is 13.7. The lowest BCUT2D eigenvalue weighted by Gasteiger charge is -2.22. The van der Waals surface area contributed by atoms with Crippen LogP contribution in [0.15, 0.2) is 0 Å². The summed E-state index contributed by atoms with van der Waals surface area (Å²) < 4.78 is 0. The Hall–Kier alpha value is -0.530. The number of carbonyl (C=O) groups excluding carboxylic acids is 1. The normalized spacial score (nSPS) is 11.0. The molecule has 0 aliphatic heterocycles. The van der Waals surface area contributed by atoms with Crippen molar-refractivity contribution in [2.24, 2.45) is 5.92 Å². The van der Waals surface area contributed by atoms with Gasteiger partial charge in [0, 0.05) is 19.5 Å². The zero-order valence-electron chi connectivity index (χ0n) is 13.7. The van der Waals surface area contributed by atoms with Crippen LogP contribution in [0, 0.1) is 5.92 Å². The fourth-order valence-corrected chi connectivity index (χ4v) is 2.22. The molecule has 0 bridgehead atoms. The highest BCUT2D eigenvalue weighted by Crippen LogP contribution is 2.11. The quantitative estimate of drug-likeness (QED) is 0.455. The summed E-state index contributed by atoms with van der Waals surface area (Å²) >= 11 is 0. The average Bonchev–Trinajstić information content (AvgIpc) is 2.38. The van der Waals surface area contributed by atoms with Gasteiger partial charge in [0.1, 0.15) is 0 Å². The molecule has 0 aliphatic rings. The predicted octanol–water partition coefficient (Wildman–Crippen LogP) is 5.02. The van der Waals surface area contributed by atoms with Gasteiger partial charge < -0.3 is 4.90 Å². The Kier molecular flexibility index (Phi) is 12.2. The van der Waals surface area contributed by atoms with Crippen LogP contribution in [0.5, 0.6) is 0 Å². The van der Waals surface area contributed by atoms with Crippen molar-refractivity contribution in [2.45, 2.75) is 85.5 Å². The minimum Gasteiger partial charge on any atom is -0.343 e. The number of hydrogen-bond donors (Lipinski definition) is 0. The van der Waals surface area contributed by atoms with E-state index >= 15 is 0 Å². The summed E-state index contributed by atoms with van der Waals surface area (Å²) in [5, 5.41) is 0. The highest BCUT2D eigenvalue weighted by atomic mass is 16.2. The Labute approximate surface area is 120 Å². The number of carbonyl (C=O) groups is 1. The van der Waals surface area contributed by atoms with Gasteiger partial charge in [-0.15, -0.1) is 0 Å². The molecular weight excluding hydrogens is 234 g/mol. The first-order chi connectivity index (χ1) is 9.11. The van der Waals surface area contributed by atoms with Crippen LogP contribution in [0.3, 0.4) is 0 Å². The Morgan fingerprint density at radius 1 is 0.895 bits per heavy atom.